The SMILES string of the molecule is CC.O/N=C/c1cc[c-]cc1.[Y]. The predicted molar refractivity (Wildman–Crippen MR) is 46.0 cm³/mol. The van der Waals surface area contributed by atoms with Gasteiger partial charge in [0, 0.05) is 38.9 Å². The first-order chi connectivity index (χ1) is 5.43. The molecule has 12 heavy (non-hydrogen) atoms. The van der Waals surface area contributed by atoms with Gasteiger partial charge in [-0.05, 0) is 0 Å². The Morgan fingerprint density at radius 3 is 2.25 bits per heavy atom. The summed E-state index contributed by atoms with van der Waals surface area (Å²) < 4.78 is 0. The van der Waals surface area contributed by atoms with Gasteiger partial charge in [-0.3, -0.25) is 0 Å². The Balaban J connectivity index is 0. The van der Waals surface area contributed by atoms with Crippen molar-refractivity contribution in [2.24, 2.45) is 5.16 Å². The molecular formula is C9H12NOY-. The molecule has 0 unspecified atom stereocenters. The molecule has 1 aromatic carbocycles. The summed E-state index contributed by atoms with van der Waals surface area (Å²) >= 11 is 0. The molecule has 2 nitrogen and oxygen atoms in total. The molecule has 63 valence electrons. The van der Waals surface area contributed by atoms with Crippen LogP contribution >= 0.6 is 0 Å². The fourth-order valence-electron chi connectivity index (χ4n) is 0.553. The van der Waals surface area contributed by atoms with Gasteiger partial charge < -0.3 is 5.21 Å². The summed E-state index contributed by atoms with van der Waals surface area (Å²) in [5.74, 6) is 0. The molecular weight excluding hydrogens is 227 g/mol. The second-order valence-electron chi connectivity index (χ2n) is 1.58. The van der Waals surface area contributed by atoms with Gasteiger partial charge in [0.25, 0.3) is 0 Å². The largest absolute Gasteiger partial charge is 0.411 e. The first-order valence-electron chi connectivity index (χ1n) is 3.57. The van der Waals surface area contributed by atoms with E-state index in [4.69, 9.17) is 5.21 Å². The van der Waals surface area contributed by atoms with Crippen molar-refractivity contribution in [1.29, 1.82) is 0 Å². The molecule has 1 radical (unpaired) electrons. The van der Waals surface area contributed by atoms with Gasteiger partial charge in [0.05, 0.1) is 0 Å². The van der Waals surface area contributed by atoms with E-state index in [0.717, 1.165) is 5.56 Å². The van der Waals surface area contributed by atoms with E-state index in [-0.39, 0.29) is 32.7 Å². The van der Waals surface area contributed by atoms with Crippen molar-refractivity contribution >= 4 is 6.21 Å². The Labute approximate surface area is 98.6 Å². The Bertz CT molecular complexity index is 199. The summed E-state index contributed by atoms with van der Waals surface area (Å²) in [6.07, 6.45) is 1.37. The average molecular weight is 239 g/mol. The molecule has 1 aromatic rings. The molecule has 0 amide bonds. The molecule has 0 aliphatic heterocycles. The van der Waals surface area contributed by atoms with Gasteiger partial charge in [0.15, 0.2) is 0 Å². The second kappa shape index (κ2) is 10.8. The third kappa shape index (κ3) is 6.50. The maximum Gasteiger partial charge on any atom is 0.0492 e. The fourth-order valence-corrected chi connectivity index (χ4v) is 0.553. The molecule has 1 rings (SSSR count). The van der Waals surface area contributed by atoms with E-state index in [1.54, 1.807) is 24.3 Å². The van der Waals surface area contributed by atoms with E-state index < -0.39 is 0 Å². The normalized spacial score (nSPS) is 8.17. The number of rotatable bonds is 1. The van der Waals surface area contributed by atoms with Crippen LogP contribution in [-0.4, -0.2) is 11.4 Å². The Kier molecular flexibility index (Phi) is 12.9. The van der Waals surface area contributed by atoms with Gasteiger partial charge >= 0.3 is 0 Å². The van der Waals surface area contributed by atoms with Crippen molar-refractivity contribution in [1.82, 2.24) is 0 Å². The first-order valence-corrected chi connectivity index (χ1v) is 3.57. The zero-order valence-corrected chi connectivity index (χ0v) is 10.2. The first kappa shape index (κ1) is 14.3. The summed E-state index contributed by atoms with van der Waals surface area (Å²) in [5, 5.41) is 10.9. The van der Waals surface area contributed by atoms with Crippen molar-refractivity contribution in [3.63, 3.8) is 0 Å². The second-order valence-corrected chi connectivity index (χ2v) is 1.58. The van der Waals surface area contributed by atoms with Gasteiger partial charge in [-0.2, -0.15) is 30.3 Å². The van der Waals surface area contributed by atoms with Crippen LogP contribution < -0.4 is 0 Å². The zero-order chi connectivity index (χ0) is 8.53. The summed E-state index contributed by atoms with van der Waals surface area (Å²) in [5.41, 5.74) is 0.872. The van der Waals surface area contributed by atoms with E-state index in [2.05, 4.69) is 11.2 Å². The van der Waals surface area contributed by atoms with Gasteiger partial charge in [0.1, 0.15) is 0 Å². The predicted octanol–water partition coefficient (Wildman–Crippen LogP) is 2.32. The van der Waals surface area contributed by atoms with Crippen LogP contribution in [0.1, 0.15) is 19.4 Å². The molecule has 0 bridgehead atoms. The number of oxime groups is 1. The van der Waals surface area contributed by atoms with Crippen molar-refractivity contribution in [2.45, 2.75) is 13.8 Å². The minimum Gasteiger partial charge on any atom is -0.411 e. The van der Waals surface area contributed by atoms with Crippen molar-refractivity contribution in [2.75, 3.05) is 0 Å². The van der Waals surface area contributed by atoms with Crippen LogP contribution in [0.3, 0.4) is 0 Å². The quantitative estimate of drug-likeness (QED) is 0.347. The number of benzene rings is 1. The standard InChI is InChI=1S/C7H6NO.C2H6.Y/c9-8-6-7-4-2-1-3-5-7;1-2;/h2-6,9H;1-2H3;/q-1;;/b8-6+;;. The van der Waals surface area contributed by atoms with E-state index >= 15 is 0 Å². The molecule has 0 saturated carbocycles. The molecule has 0 spiro atoms. The number of hydrogen-bond acceptors (Lipinski definition) is 2. The molecule has 1 N–H and O–H groups in total. The van der Waals surface area contributed by atoms with Gasteiger partial charge in [-0.25, -0.2) is 0 Å². The van der Waals surface area contributed by atoms with Crippen molar-refractivity contribution in [3.8, 4) is 0 Å². The average Bonchev–Trinajstić information content (AvgIpc) is 2.11. The number of hydrogen-bond donors (Lipinski definition) is 1. The topological polar surface area (TPSA) is 32.6 Å². The summed E-state index contributed by atoms with van der Waals surface area (Å²) in [6.45, 7) is 4.00. The number of nitrogens with zero attached hydrogens (tertiary/aromatic N) is 1. The molecule has 0 heterocycles. The Hall–Kier alpha value is -0.206. The zero-order valence-electron chi connectivity index (χ0n) is 7.36. The van der Waals surface area contributed by atoms with E-state index in [0.29, 0.717) is 0 Å². The van der Waals surface area contributed by atoms with E-state index in [1.165, 1.54) is 6.21 Å². The molecule has 0 aliphatic carbocycles. The molecule has 0 aliphatic rings. The molecule has 0 aromatic heterocycles. The van der Waals surface area contributed by atoms with Crippen LogP contribution in [0.25, 0.3) is 0 Å². The van der Waals surface area contributed by atoms with Crippen LogP contribution in [0.2, 0.25) is 0 Å². The van der Waals surface area contributed by atoms with Crippen molar-refractivity contribution in [3.05, 3.63) is 35.9 Å². The molecule has 0 atom stereocenters. The monoisotopic (exact) mass is 239 g/mol. The Morgan fingerprint density at radius 2 is 1.83 bits per heavy atom. The smallest absolute Gasteiger partial charge is 0.0492 e. The summed E-state index contributed by atoms with van der Waals surface area (Å²) in [6, 6.07) is 9.98. The minimum absolute atomic E-state index is 0. The third-order valence-corrected chi connectivity index (χ3v) is 0.951. The van der Waals surface area contributed by atoms with Crippen LogP contribution in [0, 0.1) is 6.07 Å². The van der Waals surface area contributed by atoms with Crippen LogP contribution in [0.4, 0.5) is 0 Å². The van der Waals surface area contributed by atoms with Gasteiger partial charge in [-0.1, -0.05) is 19.0 Å². The Morgan fingerprint density at radius 1 is 1.33 bits per heavy atom. The molecule has 0 fully saturated rings. The van der Waals surface area contributed by atoms with Crippen LogP contribution in [-0.2, 0) is 32.7 Å². The van der Waals surface area contributed by atoms with Gasteiger partial charge in [-0.15, -0.1) is 5.56 Å². The summed E-state index contributed by atoms with van der Waals surface area (Å²) in [7, 11) is 0. The van der Waals surface area contributed by atoms with E-state index in [1.807, 2.05) is 13.8 Å². The van der Waals surface area contributed by atoms with Crippen LogP contribution in [0.15, 0.2) is 29.4 Å². The third-order valence-electron chi connectivity index (χ3n) is 0.951. The maximum absolute atomic E-state index is 8.08. The molecule has 3 heteroatoms. The fraction of sp³-hybridized carbons (Fsp3) is 0.222. The van der Waals surface area contributed by atoms with Crippen molar-refractivity contribution < 1.29 is 37.9 Å². The van der Waals surface area contributed by atoms with Gasteiger partial charge in [0.2, 0.25) is 0 Å². The van der Waals surface area contributed by atoms with Crippen LogP contribution in [0.5, 0.6) is 0 Å². The molecule has 0 saturated heterocycles. The minimum atomic E-state index is 0. The van der Waals surface area contributed by atoms with E-state index in [9.17, 15) is 0 Å². The summed E-state index contributed by atoms with van der Waals surface area (Å²) in [4.78, 5) is 0. The maximum atomic E-state index is 8.08.